The van der Waals surface area contributed by atoms with E-state index in [1.165, 1.54) is 6.07 Å². The van der Waals surface area contributed by atoms with Crippen LogP contribution in [0.4, 0.5) is 20.6 Å². The lowest BCUT2D eigenvalue weighted by molar-refractivity contribution is 0.262. The van der Waals surface area contributed by atoms with E-state index in [4.69, 9.17) is 0 Å². The third kappa shape index (κ3) is 3.15. The molecular formula is C16H17FN2O. The van der Waals surface area contributed by atoms with E-state index in [0.29, 0.717) is 11.3 Å². The molecule has 3 nitrogen and oxygen atoms in total. The molecule has 0 unspecified atom stereocenters. The molecule has 0 saturated heterocycles. The fourth-order valence-corrected chi connectivity index (χ4v) is 1.89. The number of rotatable bonds is 2. The number of anilines is 2. The number of carbonyl (C=O) groups is 1. The summed E-state index contributed by atoms with van der Waals surface area (Å²) in [6.07, 6.45) is 0. The summed E-state index contributed by atoms with van der Waals surface area (Å²) in [6.45, 7) is 5.50. The zero-order valence-electron chi connectivity index (χ0n) is 11.8. The van der Waals surface area contributed by atoms with Crippen molar-refractivity contribution in [2.24, 2.45) is 0 Å². The van der Waals surface area contributed by atoms with Crippen LogP contribution in [0.1, 0.15) is 16.7 Å². The maximum atomic E-state index is 13.4. The van der Waals surface area contributed by atoms with Crippen LogP contribution in [0, 0.1) is 26.6 Å². The van der Waals surface area contributed by atoms with Crippen molar-refractivity contribution in [1.82, 2.24) is 0 Å². The zero-order valence-corrected chi connectivity index (χ0v) is 11.8. The van der Waals surface area contributed by atoms with E-state index in [1.54, 1.807) is 19.1 Å². The van der Waals surface area contributed by atoms with Crippen molar-refractivity contribution < 1.29 is 9.18 Å². The Kier molecular flexibility index (Phi) is 4.03. The molecule has 0 fully saturated rings. The molecule has 0 heterocycles. The minimum atomic E-state index is -0.382. The van der Waals surface area contributed by atoms with Gasteiger partial charge in [0.15, 0.2) is 0 Å². The van der Waals surface area contributed by atoms with Gasteiger partial charge in [-0.1, -0.05) is 18.2 Å². The average molecular weight is 272 g/mol. The predicted molar refractivity (Wildman–Crippen MR) is 79.7 cm³/mol. The van der Waals surface area contributed by atoms with Crippen LogP contribution in [0.15, 0.2) is 36.4 Å². The molecule has 0 aliphatic rings. The summed E-state index contributed by atoms with van der Waals surface area (Å²) < 4.78 is 13.4. The second kappa shape index (κ2) is 5.74. The van der Waals surface area contributed by atoms with Crippen molar-refractivity contribution in [2.45, 2.75) is 20.8 Å². The van der Waals surface area contributed by atoms with E-state index in [2.05, 4.69) is 10.6 Å². The number of hydrogen-bond donors (Lipinski definition) is 2. The molecule has 0 atom stereocenters. The van der Waals surface area contributed by atoms with Crippen LogP contribution < -0.4 is 10.6 Å². The molecule has 4 heteroatoms. The van der Waals surface area contributed by atoms with Crippen molar-refractivity contribution in [3.05, 3.63) is 58.9 Å². The summed E-state index contributed by atoms with van der Waals surface area (Å²) in [5.41, 5.74) is 3.67. The number of nitrogens with one attached hydrogen (secondary N) is 2. The molecule has 20 heavy (non-hydrogen) atoms. The number of aryl methyl sites for hydroxylation is 2. The third-order valence-electron chi connectivity index (χ3n) is 3.16. The van der Waals surface area contributed by atoms with E-state index < -0.39 is 0 Å². The Balaban J connectivity index is 2.13. The first kappa shape index (κ1) is 14.1. The number of benzene rings is 2. The molecule has 2 amide bonds. The molecule has 0 saturated carbocycles. The van der Waals surface area contributed by atoms with Crippen LogP contribution in [-0.2, 0) is 0 Å². The maximum absolute atomic E-state index is 13.4. The first-order valence-electron chi connectivity index (χ1n) is 6.38. The fourth-order valence-electron chi connectivity index (χ4n) is 1.89. The summed E-state index contributed by atoms with van der Waals surface area (Å²) in [5.74, 6) is -0.338. The van der Waals surface area contributed by atoms with Crippen molar-refractivity contribution in [3.8, 4) is 0 Å². The van der Waals surface area contributed by atoms with Gasteiger partial charge in [-0.2, -0.15) is 0 Å². The molecule has 2 rings (SSSR count). The van der Waals surface area contributed by atoms with Gasteiger partial charge in [-0.15, -0.1) is 0 Å². The minimum absolute atomic E-state index is 0.338. The highest BCUT2D eigenvalue weighted by molar-refractivity contribution is 6.00. The lowest BCUT2D eigenvalue weighted by Crippen LogP contribution is -2.20. The molecule has 2 aromatic rings. The van der Waals surface area contributed by atoms with Gasteiger partial charge in [-0.25, -0.2) is 9.18 Å². The lowest BCUT2D eigenvalue weighted by atomic mass is 10.1. The summed E-state index contributed by atoms with van der Waals surface area (Å²) in [6, 6.07) is 10.0. The van der Waals surface area contributed by atoms with Gasteiger partial charge < -0.3 is 10.6 Å². The van der Waals surface area contributed by atoms with Crippen molar-refractivity contribution >= 4 is 17.4 Å². The highest BCUT2D eigenvalue weighted by atomic mass is 19.1. The highest BCUT2D eigenvalue weighted by Crippen LogP contribution is 2.19. The smallest absolute Gasteiger partial charge is 0.307 e. The van der Waals surface area contributed by atoms with E-state index >= 15 is 0 Å². The van der Waals surface area contributed by atoms with E-state index in [0.717, 1.165) is 16.8 Å². The summed E-state index contributed by atoms with van der Waals surface area (Å²) in [4.78, 5) is 12.0. The first-order chi connectivity index (χ1) is 9.47. The summed E-state index contributed by atoms with van der Waals surface area (Å²) in [7, 11) is 0. The number of halogens is 1. The first-order valence-corrected chi connectivity index (χ1v) is 6.38. The Labute approximate surface area is 117 Å². The van der Waals surface area contributed by atoms with Gasteiger partial charge in [0.05, 0.1) is 0 Å². The number of carbonyl (C=O) groups excluding carboxylic acids is 1. The van der Waals surface area contributed by atoms with Crippen LogP contribution in [-0.4, -0.2) is 6.03 Å². The number of urea groups is 1. The van der Waals surface area contributed by atoms with E-state index in [-0.39, 0.29) is 11.8 Å². The predicted octanol–water partition coefficient (Wildman–Crippen LogP) is 4.39. The van der Waals surface area contributed by atoms with Crippen LogP contribution in [0.2, 0.25) is 0 Å². The standard InChI is InChI=1S/C16H17FN2O/c1-10-7-8-11(2)15(9-10)19-16(20)18-14-6-4-5-13(17)12(14)3/h4-9H,1-3H3,(H2,18,19,20). The van der Waals surface area contributed by atoms with Gasteiger partial charge in [-0.3, -0.25) is 0 Å². The van der Waals surface area contributed by atoms with Crippen molar-refractivity contribution in [1.29, 1.82) is 0 Å². The van der Waals surface area contributed by atoms with Gasteiger partial charge in [0, 0.05) is 16.9 Å². The lowest BCUT2D eigenvalue weighted by Gasteiger charge is -2.12. The molecule has 0 radical (unpaired) electrons. The SMILES string of the molecule is Cc1ccc(C)c(NC(=O)Nc2cccc(F)c2C)c1. The van der Waals surface area contributed by atoms with E-state index in [1.807, 2.05) is 32.0 Å². The highest BCUT2D eigenvalue weighted by Gasteiger charge is 2.08. The van der Waals surface area contributed by atoms with Gasteiger partial charge in [0.2, 0.25) is 0 Å². The largest absolute Gasteiger partial charge is 0.323 e. The second-order valence-corrected chi connectivity index (χ2v) is 4.81. The van der Waals surface area contributed by atoms with Gasteiger partial charge in [-0.05, 0) is 50.1 Å². The van der Waals surface area contributed by atoms with E-state index in [9.17, 15) is 9.18 Å². The molecule has 104 valence electrons. The summed E-state index contributed by atoms with van der Waals surface area (Å²) in [5, 5.41) is 5.43. The maximum Gasteiger partial charge on any atom is 0.323 e. The Hall–Kier alpha value is -2.36. The fraction of sp³-hybridized carbons (Fsp3) is 0.188. The van der Waals surface area contributed by atoms with Gasteiger partial charge in [0.1, 0.15) is 5.82 Å². The molecular weight excluding hydrogens is 255 g/mol. The third-order valence-corrected chi connectivity index (χ3v) is 3.16. The Morgan fingerprint density at radius 2 is 1.70 bits per heavy atom. The zero-order chi connectivity index (χ0) is 14.7. The summed E-state index contributed by atoms with van der Waals surface area (Å²) >= 11 is 0. The molecule has 2 aromatic carbocycles. The van der Waals surface area contributed by atoms with Gasteiger partial charge in [0.25, 0.3) is 0 Å². The van der Waals surface area contributed by atoms with Crippen molar-refractivity contribution in [3.63, 3.8) is 0 Å². The molecule has 0 bridgehead atoms. The topological polar surface area (TPSA) is 41.1 Å². The Morgan fingerprint density at radius 1 is 1.00 bits per heavy atom. The van der Waals surface area contributed by atoms with Crippen LogP contribution in [0.5, 0.6) is 0 Å². The monoisotopic (exact) mass is 272 g/mol. The Bertz CT molecular complexity index is 647. The van der Waals surface area contributed by atoms with Crippen LogP contribution in [0.25, 0.3) is 0 Å². The quantitative estimate of drug-likeness (QED) is 0.836. The molecule has 0 aliphatic heterocycles. The Morgan fingerprint density at radius 3 is 2.45 bits per heavy atom. The van der Waals surface area contributed by atoms with Gasteiger partial charge >= 0.3 is 6.03 Å². The molecule has 0 aliphatic carbocycles. The number of hydrogen-bond acceptors (Lipinski definition) is 1. The van der Waals surface area contributed by atoms with Crippen LogP contribution >= 0.6 is 0 Å². The van der Waals surface area contributed by atoms with Crippen LogP contribution in [0.3, 0.4) is 0 Å². The molecule has 2 N–H and O–H groups in total. The number of amides is 2. The minimum Gasteiger partial charge on any atom is -0.307 e. The van der Waals surface area contributed by atoms with Crippen molar-refractivity contribution in [2.75, 3.05) is 10.6 Å². The molecule has 0 aromatic heterocycles. The normalized spacial score (nSPS) is 10.2. The second-order valence-electron chi connectivity index (χ2n) is 4.81. The average Bonchev–Trinajstić information content (AvgIpc) is 2.39. The molecule has 0 spiro atoms.